The Kier molecular flexibility index (Phi) is 5.91. The van der Waals surface area contributed by atoms with Gasteiger partial charge in [-0.2, -0.15) is 5.10 Å². The van der Waals surface area contributed by atoms with E-state index in [9.17, 15) is 4.79 Å². The molecule has 0 spiro atoms. The number of morpholine rings is 1. The molecule has 8 heteroatoms. The topological polar surface area (TPSA) is 68.6 Å². The van der Waals surface area contributed by atoms with Crippen molar-refractivity contribution in [2.24, 2.45) is 12.5 Å². The Labute approximate surface area is 150 Å². The third-order valence-electron chi connectivity index (χ3n) is 4.95. The lowest BCUT2D eigenvalue weighted by Gasteiger charge is -2.42. The Hall–Kier alpha value is -0.960. The van der Waals surface area contributed by atoms with Crippen molar-refractivity contribution in [3.8, 4) is 0 Å². The first kappa shape index (κ1) is 17.8. The number of carbonyl (C=O) groups excluding carboxylic acids is 1. The average Bonchev–Trinajstić information content (AvgIpc) is 2.93. The predicted molar refractivity (Wildman–Crippen MR) is 93.0 cm³/mol. The molecule has 1 aromatic rings. The van der Waals surface area contributed by atoms with E-state index in [2.05, 4.69) is 31.2 Å². The van der Waals surface area contributed by atoms with Crippen LogP contribution >= 0.6 is 15.9 Å². The number of aromatic nitrogens is 2. The first-order valence-corrected chi connectivity index (χ1v) is 9.22. The van der Waals surface area contributed by atoms with Crippen LogP contribution in [0.25, 0.3) is 0 Å². The molecule has 0 atom stereocenters. The smallest absolute Gasteiger partial charge is 0.270 e. The van der Waals surface area contributed by atoms with Gasteiger partial charge in [0.2, 0.25) is 0 Å². The van der Waals surface area contributed by atoms with E-state index in [-0.39, 0.29) is 11.3 Å². The molecule has 0 radical (unpaired) electrons. The number of amides is 1. The van der Waals surface area contributed by atoms with Gasteiger partial charge in [0.15, 0.2) is 0 Å². The molecule has 2 saturated heterocycles. The van der Waals surface area contributed by atoms with Gasteiger partial charge in [0.25, 0.3) is 5.91 Å². The van der Waals surface area contributed by atoms with Crippen molar-refractivity contribution in [2.45, 2.75) is 12.8 Å². The number of hydrogen-bond acceptors (Lipinski definition) is 5. The number of carbonyl (C=O) groups is 1. The molecule has 0 aliphatic carbocycles. The molecule has 2 aliphatic rings. The highest BCUT2D eigenvalue weighted by atomic mass is 79.9. The zero-order chi connectivity index (χ0) is 17.0. The van der Waals surface area contributed by atoms with Crippen LogP contribution in [0.15, 0.2) is 10.7 Å². The maximum atomic E-state index is 12.6. The second kappa shape index (κ2) is 7.95. The molecule has 0 bridgehead atoms. The second-order valence-electron chi connectivity index (χ2n) is 6.65. The molecule has 2 fully saturated rings. The van der Waals surface area contributed by atoms with Gasteiger partial charge in [0, 0.05) is 51.9 Å². The van der Waals surface area contributed by atoms with Crippen LogP contribution < -0.4 is 5.32 Å². The molecule has 0 unspecified atom stereocenters. The van der Waals surface area contributed by atoms with E-state index in [4.69, 9.17) is 9.47 Å². The molecule has 1 N–H and O–H groups in total. The van der Waals surface area contributed by atoms with Gasteiger partial charge < -0.3 is 14.8 Å². The summed E-state index contributed by atoms with van der Waals surface area (Å²) < 4.78 is 13.3. The molecule has 3 rings (SSSR count). The van der Waals surface area contributed by atoms with Crippen LogP contribution in [0.3, 0.4) is 0 Å². The molecule has 3 heterocycles. The van der Waals surface area contributed by atoms with E-state index in [0.29, 0.717) is 12.2 Å². The Morgan fingerprint density at radius 3 is 2.58 bits per heavy atom. The summed E-state index contributed by atoms with van der Waals surface area (Å²) in [6.07, 6.45) is 3.58. The Balaban J connectivity index is 1.64. The highest BCUT2D eigenvalue weighted by Gasteiger charge is 2.35. The van der Waals surface area contributed by atoms with Gasteiger partial charge in [-0.25, -0.2) is 0 Å². The van der Waals surface area contributed by atoms with Crippen molar-refractivity contribution in [1.29, 1.82) is 0 Å². The second-order valence-corrected chi connectivity index (χ2v) is 7.50. The molecule has 1 amide bonds. The van der Waals surface area contributed by atoms with Crippen molar-refractivity contribution in [3.63, 3.8) is 0 Å². The minimum Gasteiger partial charge on any atom is -0.381 e. The fraction of sp³-hybridized carbons (Fsp3) is 0.750. The third-order valence-corrected chi connectivity index (χ3v) is 5.53. The fourth-order valence-electron chi connectivity index (χ4n) is 3.45. The lowest BCUT2D eigenvalue weighted by atomic mass is 9.79. The van der Waals surface area contributed by atoms with E-state index in [1.54, 1.807) is 17.9 Å². The number of nitrogens with one attached hydrogen (secondary N) is 1. The largest absolute Gasteiger partial charge is 0.381 e. The van der Waals surface area contributed by atoms with Crippen molar-refractivity contribution >= 4 is 21.8 Å². The zero-order valence-electron chi connectivity index (χ0n) is 14.1. The number of aryl methyl sites for hydroxylation is 1. The lowest BCUT2D eigenvalue weighted by Crippen LogP contribution is -2.51. The maximum Gasteiger partial charge on any atom is 0.270 e. The highest BCUT2D eigenvalue weighted by Crippen LogP contribution is 2.31. The Morgan fingerprint density at radius 2 is 1.96 bits per heavy atom. The van der Waals surface area contributed by atoms with Gasteiger partial charge in [-0.05, 0) is 28.8 Å². The summed E-state index contributed by atoms with van der Waals surface area (Å²) in [5.41, 5.74) is 0.625. The molecule has 134 valence electrons. The molecule has 0 aromatic carbocycles. The monoisotopic (exact) mass is 400 g/mol. The molecular weight excluding hydrogens is 376 g/mol. The van der Waals surface area contributed by atoms with Gasteiger partial charge in [-0.3, -0.25) is 14.4 Å². The molecular formula is C16H25BrN4O3. The summed E-state index contributed by atoms with van der Waals surface area (Å²) in [5, 5.41) is 7.23. The van der Waals surface area contributed by atoms with Gasteiger partial charge in [-0.1, -0.05) is 0 Å². The summed E-state index contributed by atoms with van der Waals surface area (Å²) in [4.78, 5) is 15.0. The normalized spacial score (nSPS) is 21.6. The first-order valence-electron chi connectivity index (χ1n) is 8.43. The van der Waals surface area contributed by atoms with Crippen LogP contribution in [-0.2, 0) is 16.5 Å². The number of ether oxygens (including phenoxy) is 2. The van der Waals surface area contributed by atoms with Crippen LogP contribution in [-0.4, -0.2) is 73.2 Å². The molecule has 0 saturated carbocycles. The summed E-state index contributed by atoms with van der Waals surface area (Å²) in [5.74, 6) is -0.0882. The Morgan fingerprint density at radius 1 is 1.29 bits per heavy atom. The zero-order valence-corrected chi connectivity index (χ0v) is 15.7. The van der Waals surface area contributed by atoms with E-state index < -0.39 is 0 Å². The van der Waals surface area contributed by atoms with Crippen molar-refractivity contribution < 1.29 is 14.3 Å². The number of nitrogens with zero attached hydrogens (tertiary/aromatic N) is 3. The fourth-order valence-corrected chi connectivity index (χ4v) is 3.97. The highest BCUT2D eigenvalue weighted by molar-refractivity contribution is 9.10. The summed E-state index contributed by atoms with van der Waals surface area (Å²) in [7, 11) is 1.78. The predicted octanol–water partition coefficient (Wildman–Crippen LogP) is 1.04. The summed E-state index contributed by atoms with van der Waals surface area (Å²) in [6.45, 7) is 6.66. The molecule has 1 aromatic heterocycles. The standard InChI is InChI=1S/C16H25BrN4O3/c1-20-14(13(17)10-19-20)15(22)18-11-16(2-6-23-7-3-16)12-21-4-8-24-9-5-21/h10H,2-9,11-12H2,1H3,(H,18,22). The van der Waals surface area contributed by atoms with Gasteiger partial charge in [0.05, 0.1) is 23.9 Å². The van der Waals surface area contributed by atoms with E-state index in [1.807, 2.05) is 0 Å². The van der Waals surface area contributed by atoms with Crippen LogP contribution in [0.5, 0.6) is 0 Å². The Bertz CT molecular complexity index is 546. The van der Waals surface area contributed by atoms with E-state index in [0.717, 1.165) is 63.4 Å². The average molecular weight is 401 g/mol. The van der Waals surface area contributed by atoms with E-state index >= 15 is 0 Å². The summed E-state index contributed by atoms with van der Waals surface area (Å²) in [6, 6.07) is 0. The van der Waals surface area contributed by atoms with E-state index in [1.165, 1.54) is 0 Å². The third kappa shape index (κ3) is 4.17. The molecule has 2 aliphatic heterocycles. The lowest BCUT2D eigenvalue weighted by molar-refractivity contribution is -0.0283. The minimum atomic E-state index is -0.0882. The van der Waals surface area contributed by atoms with Crippen molar-refractivity contribution in [3.05, 3.63) is 16.4 Å². The van der Waals surface area contributed by atoms with Crippen molar-refractivity contribution in [1.82, 2.24) is 20.0 Å². The number of rotatable bonds is 5. The van der Waals surface area contributed by atoms with Crippen molar-refractivity contribution in [2.75, 3.05) is 52.6 Å². The molecule has 24 heavy (non-hydrogen) atoms. The minimum absolute atomic E-state index is 0.0658. The first-order chi connectivity index (χ1) is 11.6. The number of halogens is 1. The molecule has 7 nitrogen and oxygen atoms in total. The summed E-state index contributed by atoms with van der Waals surface area (Å²) >= 11 is 3.39. The van der Waals surface area contributed by atoms with Crippen LogP contribution in [0.2, 0.25) is 0 Å². The number of hydrogen-bond donors (Lipinski definition) is 1. The van der Waals surface area contributed by atoms with Gasteiger partial charge in [-0.15, -0.1) is 0 Å². The SMILES string of the molecule is Cn1ncc(Br)c1C(=O)NCC1(CN2CCOCC2)CCOCC1. The van der Waals surface area contributed by atoms with Gasteiger partial charge in [0.1, 0.15) is 5.69 Å². The van der Waals surface area contributed by atoms with Crippen LogP contribution in [0.4, 0.5) is 0 Å². The van der Waals surface area contributed by atoms with Crippen LogP contribution in [0, 0.1) is 5.41 Å². The quantitative estimate of drug-likeness (QED) is 0.799. The van der Waals surface area contributed by atoms with Gasteiger partial charge >= 0.3 is 0 Å². The maximum absolute atomic E-state index is 12.6. The van der Waals surface area contributed by atoms with Crippen LogP contribution in [0.1, 0.15) is 23.3 Å².